The van der Waals surface area contributed by atoms with E-state index in [9.17, 15) is 4.79 Å². The molecule has 1 saturated heterocycles. The number of imidazole rings is 1. The molecule has 0 aliphatic carbocycles. The maximum Gasteiger partial charge on any atom is 0.255 e. The molecule has 2 aromatic heterocycles. The zero-order valence-corrected chi connectivity index (χ0v) is 19.4. The Labute approximate surface area is 197 Å². The van der Waals surface area contributed by atoms with E-state index in [1.54, 1.807) is 18.5 Å². The van der Waals surface area contributed by atoms with Crippen molar-refractivity contribution < 1.29 is 14.3 Å². The third-order valence-corrected chi connectivity index (χ3v) is 5.74. The second-order valence-electron chi connectivity index (χ2n) is 8.36. The fourth-order valence-corrected chi connectivity index (χ4v) is 3.83. The maximum absolute atomic E-state index is 12.9. The maximum atomic E-state index is 12.9. The number of anilines is 2. The number of ether oxygens (including phenoxy) is 2. The van der Waals surface area contributed by atoms with Crippen LogP contribution in [0.2, 0.25) is 0 Å². The van der Waals surface area contributed by atoms with E-state index in [-0.39, 0.29) is 5.91 Å². The molecule has 4 aromatic rings. The average molecular weight is 459 g/mol. The second-order valence-corrected chi connectivity index (χ2v) is 8.36. The molecule has 34 heavy (non-hydrogen) atoms. The summed E-state index contributed by atoms with van der Waals surface area (Å²) < 4.78 is 13.6. The first-order chi connectivity index (χ1) is 16.5. The summed E-state index contributed by atoms with van der Waals surface area (Å²) in [5, 5.41) is 2.94. The molecule has 0 unspecified atom stereocenters. The minimum Gasteiger partial charge on any atom is -0.437 e. The quantitative estimate of drug-likeness (QED) is 0.485. The van der Waals surface area contributed by atoms with Crippen LogP contribution in [0.3, 0.4) is 0 Å². The van der Waals surface area contributed by atoms with Crippen LogP contribution < -0.4 is 15.0 Å². The van der Waals surface area contributed by atoms with Gasteiger partial charge in [0, 0.05) is 31.4 Å². The number of aryl methyl sites for hydroxylation is 3. The predicted molar refractivity (Wildman–Crippen MR) is 130 cm³/mol. The standard InChI is InChI=1S/C25H26N6O3/c1-16-5-4-6-19(13-16)27-23(32)18-8-7-17(2)20(14-18)34-24-21-22(30(3)15-26-21)28-25(29-24)31-9-11-33-12-10-31/h4-8,13-15H,9-12H2,1-3H3,(H,27,32). The fraction of sp³-hybridized carbons (Fsp3) is 0.280. The van der Waals surface area contributed by atoms with E-state index in [2.05, 4.69) is 20.2 Å². The van der Waals surface area contributed by atoms with E-state index in [0.717, 1.165) is 16.8 Å². The molecule has 0 spiro atoms. The summed E-state index contributed by atoms with van der Waals surface area (Å²) >= 11 is 0. The number of carbonyl (C=O) groups excluding carboxylic acids is 1. The number of benzene rings is 2. The highest BCUT2D eigenvalue weighted by molar-refractivity contribution is 6.04. The van der Waals surface area contributed by atoms with Crippen LogP contribution in [0.25, 0.3) is 11.2 Å². The van der Waals surface area contributed by atoms with Crippen molar-refractivity contribution in [2.24, 2.45) is 7.05 Å². The predicted octanol–water partition coefficient (Wildman–Crippen LogP) is 3.86. The van der Waals surface area contributed by atoms with Crippen molar-refractivity contribution in [1.29, 1.82) is 0 Å². The molecule has 0 atom stereocenters. The van der Waals surface area contributed by atoms with Gasteiger partial charge in [-0.05, 0) is 49.2 Å². The van der Waals surface area contributed by atoms with Crippen LogP contribution in [-0.2, 0) is 11.8 Å². The Morgan fingerprint density at radius 1 is 1.09 bits per heavy atom. The lowest BCUT2D eigenvalue weighted by atomic mass is 10.1. The van der Waals surface area contributed by atoms with Gasteiger partial charge >= 0.3 is 0 Å². The highest BCUT2D eigenvalue weighted by atomic mass is 16.5. The number of carbonyl (C=O) groups is 1. The minimum absolute atomic E-state index is 0.213. The van der Waals surface area contributed by atoms with Crippen LogP contribution in [0, 0.1) is 13.8 Å². The Morgan fingerprint density at radius 3 is 2.71 bits per heavy atom. The highest BCUT2D eigenvalue weighted by Crippen LogP contribution is 2.31. The van der Waals surface area contributed by atoms with Crippen LogP contribution in [0.4, 0.5) is 11.6 Å². The van der Waals surface area contributed by atoms with Gasteiger partial charge in [-0.25, -0.2) is 4.98 Å². The lowest BCUT2D eigenvalue weighted by Gasteiger charge is -2.27. The third-order valence-electron chi connectivity index (χ3n) is 5.74. The smallest absolute Gasteiger partial charge is 0.255 e. The number of nitrogens with one attached hydrogen (secondary N) is 1. The molecular weight excluding hydrogens is 432 g/mol. The van der Waals surface area contributed by atoms with Crippen molar-refractivity contribution in [3.63, 3.8) is 0 Å². The summed E-state index contributed by atoms with van der Waals surface area (Å²) in [5.41, 5.74) is 4.43. The molecule has 5 rings (SSSR count). The lowest BCUT2D eigenvalue weighted by Crippen LogP contribution is -2.37. The van der Waals surface area contributed by atoms with E-state index in [1.807, 2.05) is 55.8 Å². The number of fused-ring (bicyclic) bond motifs is 1. The third kappa shape index (κ3) is 4.42. The summed E-state index contributed by atoms with van der Waals surface area (Å²) in [4.78, 5) is 28.8. The van der Waals surface area contributed by atoms with Gasteiger partial charge in [0.2, 0.25) is 5.95 Å². The van der Waals surface area contributed by atoms with Gasteiger partial charge in [0.25, 0.3) is 11.8 Å². The molecule has 0 bridgehead atoms. The van der Waals surface area contributed by atoms with Gasteiger partial charge in [0.1, 0.15) is 5.75 Å². The van der Waals surface area contributed by atoms with Crippen molar-refractivity contribution in [2.75, 3.05) is 36.5 Å². The van der Waals surface area contributed by atoms with Gasteiger partial charge in [-0.15, -0.1) is 0 Å². The Balaban J connectivity index is 1.47. The van der Waals surface area contributed by atoms with Gasteiger partial charge in [0.05, 0.1) is 19.5 Å². The molecule has 1 fully saturated rings. The first-order valence-corrected chi connectivity index (χ1v) is 11.2. The molecule has 2 aromatic carbocycles. The Kier molecular flexibility index (Phi) is 5.85. The fourth-order valence-electron chi connectivity index (χ4n) is 3.83. The van der Waals surface area contributed by atoms with E-state index in [1.165, 1.54) is 0 Å². The van der Waals surface area contributed by atoms with Crippen molar-refractivity contribution >= 4 is 28.7 Å². The number of nitrogens with zero attached hydrogens (tertiary/aromatic N) is 5. The van der Waals surface area contributed by atoms with E-state index in [0.29, 0.717) is 60.6 Å². The number of hydrogen-bond donors (Lipinski definition) is 1. The van der Waals surface area contributed by atoms with Crippen LogP contribution in [-0.4, -0.2) is 51.7 Å². The number of morpholine rings is 1. The zero-order valence-electron chi connectivity index (χ0n) is 19.4. The van der Waals surface area contributed by atoms with Crippen LogP contribution >= 0.6 is 0 Å². The molecule has 0 radical (unpaired) electrons. The molecule has 9 heteroatoms. The molecule has 3 heterocycles. The summed E-state index contributed by atoms with van der Waals surface area (Å²) in [6.45, 7) is 6.57. The number of amides is 1. The Hall–Kier alpha value is -3.98. The van der Waals surface area contributed by atoms with Crippen LogP contribution in [0.5, 0.6) is 11.6 Å². The Morgan fingerprint density at radius 2 is 1.91 bits per heavy atom. The molecule has 0 saturated carbocycles. The molecule has 1 aliphatic rings. The summed E-state index contributed by atoms with van der Waals surface area (Å²) in [7, 11) is 1.89. The van der Waals surface area contributed by atoms with E-state index >= 15 is 0 Å². The zero-order chi connectivity index (χ0) is 23.7. The first kappa shape index (κ1) is 21.8. The number of aromatic nitrogens is 4. The van der Waals surface area contributed by atoms with Crippen molar-refractivity contribution in [3.05, 3.63) is 65.5 Å². The summed E-state index contributed by atoms with van der Waals surface area (Å²) in [6.07, 6.45) is 1.69. The number of rotatable bonds is 5. The molecule has 1 N–H and O–H groups in total. The largest absolute Gasteiger partial charge is 0.437 e. The van der Waals surface area contributed by atoms with Crippen LogP contribution in [0.1, 0.15) is 21.5 Å². The highest BCUT2D eigenvalue weighted by Gasteiger charge is 2.21. The summed E-state index contributed by atoms with van der Waals surface area (Å²) in [5.74, 6) is 1.25. The van der Waals surface area contributed by atoms with Gasteiger partial charge in [-0.2, -0.15) is 9.97 Å². The van der Waals surface area contributed by atoms with Gasteiger partial charge in [-0.1, -0.05) is 18.2 Å². The molecule has 1 amide bonds. The summed E-state index contributed by atoms with van der Waals surface area (Å²) in [6, 6.07) is 13.1. The van der Waals surface area contributed by atoms with Crippen molar-refractivity contribution in [3.8, 4) is 11.6 Å². The van der Waals surface area contributed by atoms with Crippen LogP contribution in [0.15, 0.2) is 48.8 Å². The Bertz CT molecular complexity index is 1360. The second kappa shape index (κ2) is 9.11. The van der Waals surface area contributed by atoms with Gasteiger partial charge < -0.3 is 24.3 Å². The lowest BCUT2D eigenvalue weighted by molar-refractivity contribution is 0.102. The SMILES string of the molecule is Cc1cccc(NC(=O)c2ccc(C)c(Oc3nc(N4CCOCC4)nc4c3ncn4C)c2)c1. The minimum atomic E-state index is -0.213. The topological polar surface area (TPSA) is 94.4 Å². The number of hydrogen-bond acceptors (Lipinski definition) is 7. The van der Waals surface area contributed by atoms with Crippen molar-refractivity contribution in [2.45, 2.75) is 13.8 Å². The van der Waals surface area contributed by atoms with Crippen molar-refractivity contribution in [1.82, 2.24) is 19.5 Å². The normalized spacial score (nSPS) is 13.8. The van der Waals surface area contributed by atoms with Gasteiger partial charge in [-0.3, -0.25) is 4.79 Å². The first-order valence-electron chi connectivity index (χ1n) is 11.2. The molecule has 1 aliphatic heterocycles. The average Bonchev–Trinajstić information content (AvgIpc) is 3.22. The molecular formula is C25H26N6O3. The van der Waals surface area contributed by atoms with E-state index < -0.39 is 0 Å². The van der Waals surface area contributed by atoms with E-state index in [4.69, 9.17) is 14.5 Å². The molecule has 174 valence electrons. The monoisotopic (exact) mass is 458 g/mol. The van der Waals surface area contributed by atoms with Gasteiger partial charge in [0.15, 0.2) is 11.2 Å². The molecule has 9 nitrogen and oxygen atoms in total.